The lowest BCUT2D eigenvalue weighted by Gasteiger charge is -2.25. The van der Waals surface area contributed by atoms with Gasteiger partial charge >= 0.3 is 0 Å². The van der Waals surface area contributed by atoms with Gasteiger partial charge in [0.25, 0.3) is 5.91 Å². The first-order chi connectivity index (χ1) is 15.6. The molecule has 166 valence electrons. The van der Waals surface area contributed by atoms with Crippen molar-refractivity contribution in [1.82, 2.24) is 20.2 Å². The molecule has 1 aliphatic carbocycles. The minimum atomic E-state index is -0.218. The van der Waals surface area contributed by atoms with Crippen LogP contribution in [0.15, 0.2) is 58.8 Å². The van der Waals surface area contributed by atoms with Crippen LogP contribution in [0.25, 0.3) is 11.4 Å². The Labute approximate surface area is 201 Å². The summed E-state index contributed by atoms with van der Waals surface area (Å²) in [5, 5.41) is 14.9. The van der Waals surface area contributed by atoms with E-state index in [1.54, 1.807) is 6.07 Å². The zero-order valence-corrected chi connectivity index (χ0v) is 19.7. The number of rotatable bonds is 7. The second-order valence-electron chi connectivity index (χ2n) is 7.58. The summed E-state index contributed by atoms with van der Waals surface area (Å²) >= 11 is 13.5. The highest BCUT2D eigenvalue weighted by Gasteiger charge is 2.24. The van der Waals surface area contributed by atoms with Crippen molar-refractivity contribution in [2.45, 2.75) is 43.3 Å². The third kappa shape index (κ3) is 5.71. The van der Waals surface area contributed by atoms with Gasteiger partial charge in [0.15, 0.2) is 11.0 Å². The summed E-state index contributed by atoms with van der Waals surface area (Å²) in [5.41, 5.74) is 4.26. The number of carbonyl (C=O) groups excluding carboxylic acids is 1. The Kier molecular flexibility index (Phi) is 7.84. The highest BCUT2D eigenvalue weighted by molar-refractivity contribution is 7.99. The molecule has 0 saturated heterocycles. The molecule has 1 saturated carbocycles. The molecule has 0 aliphatic heterocycles. The fourth-order valence-electron chi connectivity index (χ4n) is 3.76. The molecule has 2 aromatic carbocycles. The summed E-state index contributed by atoms with van der Waals surface area (Å²) in [6, 6.07) is 15.3. The van der Waals surface area contributed by atoms with Crippen molar-refractivity contribution in [3.8, 4) is 11.4 Å². The molecular weight excluding hydrogens is 465 g/mol. The van der Waals surface area contributed by atoms with E-state index in [2.05, 4.69) is 25.3 Å². The lowest BCUT2D eigenvalue weighted by Crippen LogP contribution is -2.20. The van der Waals surface area contributed by atoms with Gasteiger partial charge < -0.3 is 0 Å². The van der Waals surface area contributed by atoms with Crippen LogP contribution in [0.5, 0.6) is 0 Å². The summed E-state index contributed by atoms with van der Waals surface area (Å²) in [6.07, 6.45) is 7.33. The number of nitrogens with zero attached hydrogens (tertiary/aromatic N) is 4. The van der Waals surface area contributed by atoms with Gasteiger partial charge in [-0.1, -0.05) is 72.4 Å². The van der Waals surface area contributed by atoms with Gasteiger partial charge in [-0.05, 0) is 43.2 Å². The largest absolute Gasteiger partial charge is 0.299 e. The molecule has 1 aliphatic rings. The van der Waals surface area contributed by atoms with Gasteiger partial charge in [-0.25, -0.2) is 5.43 Å². The lowest BCUT2D eigenvalue weighted by atomic mass is 9.95. The van der Waals surface area contributed by atoms with Crippen LogP contribution in [-0.4, -0.2) is 32.6 Å². The summed E-state index contributed by atoms with van der Waals surface area (Å²) in [6.45, 7) is 0. The van der Waals surface area contributed by atoms with Gasteiger partial charge in [-0.3, -0.25) is 9.36 Å². The summed E-state index contributed by atoms with van der Waals surface area (Å²) < 4.78 is 2.19. The van der Waals surface area contributed by atoms with Gasteiger partial charge in [0.2, 0.25) is 0 Å². The molecule has 1 heterocycles. The molecule has 3 aromatic rings. The van der Waals surface area contributed by atoms with Crippen LogP contribution in [0.1, 0.15) is 43.7 Å². The zero-order chi connectivity index (χ0) is 22.3. The van der Waals surface area contributed by atoms with E-state index in [1.165, 1.54) is 37.2 Å². The number of carbonyl (C=O) groups is 1. The Hall–Kier alpha value is -2.35. The Morgan fingerprint density at radius 3 is 2.59 bits per heavy atom. The maximum absolute atomic E-state index is 12.3. The molecule has 6 nitrogen and oxygen atoms in total. The predicted molar refractivity (Wildman–Crippen MR) is 131 cm³/mol. The van der Waals surface area contributed by atoms with E-state index in [9.17, 15) is 4.79 Å². The molecule has 0 unspecified atom stereocenters. The van der Waals surface area contributed by atoms with Crippen LogP contribution in [0.4, 0.5) is 0 Å². The molecular formula is C23H23Cl2N5OS. The summed E-state index contributed by atoms with van der Waals surface area (Å²) in [7, 11) is 0. The first-order valence-corrected chi connectivity index (χ1v) is 12.3. The minimum Gasteiger partial charge on any atom is -0.299 e. The van der Waals surface area contributed by atoms with Gasteiger partial charge in [0, 0.05) is 27.2 Å². The third-order valence-electron chi connectivity index (χ3n) is 5.34. The summed E-state index contributed by atoms with van der Waals surface area (Å²) in [5.74, 6) is 0.781. The van der Waals surface area contributed by atoms with Crippen LogP contribution in [0.2, 0.25) is 10.0 Å². The molecule has 1 fully saturated rings. The number of hydrogen-bond acceptors (Lipinski definition) is 5. The number of halogens is 2. The number of benzene rings is 2. The minimum absolute atomic E-state index is 0.186. The van der Waals surface area contributed by atoms with E-state index in [0.717, 1.165) is 34.9 Å². The van der Waals surface area contributed by atoms with Gasteiger partial charge in [-0.2, -0.15) is 5.10 Å². The maximum atomic E-state index is 12.3. The average molecular weight is 488 g/mol. The van der Waals surface area contributed by atoms with Crippen LogP contribution in [-0.2, 0) is 4.79 Å². The molecule has 1 aromatic heterocycles. The fraction of sp³-hybridized carbons (Fsp3) is 0.304. The van der Waals surface area contributed by atoms with Crippen molar-refractivity contribution < 1.29 is 4.79 Å². The number of nitrogens with one attached hydrogen (secondary N) is 1. The lowest BCUT2D eigenvalue weighted by molar-refractivity contribution is -0.118. The molecule has 9 heteroatoms. The van der Waals surface area contributed by atoms with Crippen molar-refractivity contribution in [1.29, 1.82) is 0 Å². The van der Waals surface area contributed by atoms with Crippen LogP contribution in [0, 0.1) is 0 Å². The molecule has 0 radical (unpaired) electrons. The molecule has 0 spiro atoms. The van der Waals surface area contributed by atoms with E-state index in [-0.39, 0.29) is 11.7 Å². The van der Waals surface area contributed by atoms with Gasteiger partial charge in [-0.15, -0.1) is 10.2 Å². The Bertz CT molecular complexity index is 1090. The fourth-order valence-corrected chi connectivity index (χ4v) is 4.86. The Balaban J connectivity index is 1.46. The van der Waals surface area contributed by atoms with Crippen molar-refractivity contribution in [2.24, 2.45) is 5.10 Å². The normalized spacial score (nSPS) is 14.7. The van der Waals surface area contributed by atoms with Gasteiger partial charge in [0.05, 0.1) is 12.0 Å². The highest BCUT2D eigenvalue weighted by atomic mass is 35.5. The second kappa shape index (κ2) is 11.0. The number of aromatic nitrogens is 3. The van der Waals surface area contributed by atoms with Crippen molar-refractivity contribution in [3.63, 3.8) is 0 Å². The zero-order valence-electron chi connectivity index (χ0n) is 17.4. The first-order valence-electron chi connectivity index (χ1n) is 10.5. The van der Waals surface area contributed by atoms with E-state index < -0.39 is 0 Å². The van der Waals surface area contributed by atoms with Crippen molar-refractivity contribution in [2.75, 3.05) is 5.75 Å². The van der Waals surface area contributed by atoms with Crippen LogP contribution >= 0.6 is 35.0 Å². The smallest absolute Gasteiger partial charge is 0.250 e. The first kappa shape index (κ1) is 22.8. The van der Waals surface area contributed by atoms with Crippen molar-refractivity contribution >= 4 is 47.1 Å². The average Bonchev–Trinajstić information content (AvgIpc) is 3.24. The molecule has 1 N–H and O–H groups in total. The number of amides is 1. The summed E-state index contributed by atoms with van der Waals surface area (Å²) in [4.78, 5) is 12.3. The number of hydrogen-bond donors (Lipinski definition) is 1. The highest BCUT2D eigenvalue weighted by Crippen LogP contribution is 2.35. The molecule has 0 bridgehead atoms. The standard InChI is InChI=1S/C23H23Cl2N5OS/c24-18-12-10-16(11-13-18)22-28-29-23(30(22)19-7-2-1-3-8-19)32-15-21(31)27-26-14-17-6-4-5-9-20(17)25/h4-6,9-14,19H,1-3,7-8,15H2,(H,27,31). The topological polar surface area (TPSA) is 72.2 Å². The van der Waals surface area contributed by atoms with Crippen LogP contribution in [0.3, 0.4) is 0 Å². The number of hydrazone groups is 1. The molecule has 4 rings (SSSR count). The molecule has 0 atom stereocenters. The molecule has 1 amide bonds. The van der Waals surface area contributed by atoms with E-state index >= 15 is 0 Å². The second-order valence-corrected chi connectivity index (χ2v) is 9.36. The van der Waals surface area contributed by atoms with E-state index in [0.29, 0.717) is 16.1 Å². The maximum Gasteiger partial charge on any atom is 0.250 e. The SMILES string of the molecule is O=C(CSc1nnc(-c2ccc(Cl)cc2)n1C1CCCCC1)NN=Cc1ccccc1Cl. The van der Waals surface area contributed by atoms with Crippen LogP contribution < -0.4 is 5.43 Å². The van der Waals surface area contributed by atoms with Crippen molar-refractivity contribution in [3.05, 3.63) is 64.1 Å². The monoisotopic (exact) mass is 487 g/mol. The van der Waals surface area contributed by atoms with E-state index in [1.807, 2.05) is 42.5 Å². The Morgan fingerprint density at radius 1 is 1.09 bits per heavy atom. The quantitative estimate of drug-likeness (QED) is 0.252. The number of thioether (sulfide) groups is 1. The third-order valence-corrected chi connectivity index (χ3v) is 6.88. The Morgan fingerprint density at radius 2 is 1.84 bits per heavy atom. The van der Waals surface area contributed by atoms with E-state index in [4.69, 9.17) is 23.2 Å². The van der Waals surface area contributed by atoms with Gasteiger partial charge in [0.1, 0.15) is 0 Å². The predicted octanol–water partition coefficient (Wildman–Crippen LogP) is 6.00. The molecule has 32 heavy (non-hydrogen) atoms.